The highest BCUT2D eigenvalue weighted by molar-refractivity contribution is 7.89. The SMILES string of the molecule is CC12CC(C1)[C@@H](C(=O)NCc1cc(-c3cnc(C(F)(F)F)nc3)c(F)cn1)N2S(=O)(=O)c1ccc(F)cc1. The highest BCUT2D eigenvalue weighted by Crippen LogP contribution is 2.56. The molecule has 1 N–H and O–H groups in total. The molecule has 2 bridgehead atoms. The molecule has 1 aliphatic carbocycles. The van der Waals surface area contributed by atoms with Gasteiger partial charge in [-0.2, -0.15) is 17.5 Å². The van der Waals surface area contributed by atoms with E-state index in [2.05, 4.69) is 20.3 Å². The number of aromatic nitrogens is 3. The number of sulfonamides is 1. The summed E-state index contributed by atoms with van der Waals surface area (Å²) in [5.74, 6) is -3.58. The highest BCUT2D eigenvalue weighted by atomic mass is 32.2. The summed E-state index contributed by atoms with van der Waals surface area (Å²) in [5.41, 5.74) is -0.719. The summed E-state index contributed by atoms with van der Waals surface area (Å²) in [5, 5.41) is 2.64. The van der Waals surface area contributed by atoms with Gasteiger partial charge in [0.2, 0.25) is 21.8 Å². The van der Waals surface area contributed by atoms with E-state index < -0.39 is 51.1 Å². The van der Waals surface area contributed by atoms with Crippen LogP contribution in [-0.4, -0.2) is 45.2 Å². The van der Waals surface area contributed by atoms with Gasteiger partial charge in [0.05, 0.1) is 23.3 Å². The van der Waals surface area contributed by atoms with Crippen molar-refractivity contribution in [3.63, 3.8) is 0 Å². The third-order valence-electron chi connectivity index (χ3n) is 6.85. The molecule has 0 radical (unpaired) electrons. The molecule has 14 heteroatoms. The first-order chi connectivity index (χ1) is 17.8. The number of nitrogens with one attached hydrogen (secondary N) is 1. The molecule has 38 heavy (non-hydrogen) atoms. The van der Waals surface area contributed by atoms with Crippen LogP contribution in [0.25, 0.3) is 11.1 Å². The Balaban J connectivity index is 1.34. The van der Waals surface area contributed by atoms with Crippen LogP contribution in [0.15, 0.2) is 53.8 Å². The number of nitrogens with zero attached hydrogens (tertiary/aromatic N) is 4. The Morgan fingerprint density at radius 2 is 1.71 bits per heavy atom. The van der Waals surface area contributed by atoms with Gasteiger partial charge in [0.15, 0.2) is 0 Å². The lowest BCUT2D eigenvalue weighted by atomic mass is 9.73. The minimum absolute atomic E-state index is 0.0217. The van der Waals surface area contributed by atoms with Crippen molar-refractivity contribution in [3.05, 3.63) is 72.1 Å². The van der Waals surface area contributed by atoms with E-state index in [0.717, 1.165) is 42.9 Å². The zero-order chi connectivity index (χ0) is 27.5. The van der Waals surface area contributed by atoms with Crippen LogP contribution >= 0.6 is 0 Å². The minimum Gasteiger partial charge on any atom is -0.349 e. The largest absolute Gasteiger partial charge is 0.451 e. The van der Waals surface area contributed by atoms with Crippen LogP contribution in [0.5, 0.6) is 0 Å². The fourth-order valence-corrected chi connectivity index (χ4v) is 7.18. The number of carbonyl (C=O) groups excluding carboxylic acids is 1. The van der Waals surface area contributed by atoms with Crippen molar-refractivity contribution in [2.45, 2.75) is 49.0 Å². The van der Waals surface area contributed by atoms with E-state index in [0.29, 0.717) is 12.8 Å². The molecular formula is C24H20F5N5O3S. The summed E-state index contributed by atoms with van der Waals surface area (Å²) < 4.78 is 93.9. The molecule has 3 aromatic rings. The number of alkyl halides is 3. The Bertz CT molecular complexity index is 1490. The molecule has 6 rings (SSSR count). The number of halogens is 5. The molecule has 200 valence electrons. The first kappa shape index (κ1) is 26.1. The number of hydrogen-bond acceptors (Lipinski definition) is 6. The summed E-state index contributed by atoms with van der Waals surface area (Å²) in [6, 6.07) is 4.60. The highest BCUT2D eigenvalue weighted by Gasteiger charge is 2.65. The molecule has 4 heterocycles. The molecule has 1 saturated carbocycles. The van der Waals surface area contributed by atoms with E-state index in [1.807, 2.05) is 0 Å². The lowest BCUT2D eigenvalue weighted by Crippen LogP contribution is -2.50. The van der Waals surface area contributed by atoms with Gasteiger partial charge in [-0.25, -0.2) is 27.2 Å². The zero-order valence-electron chi connectivity index (χ0n) is 19.7. The van der Waals surface area contributed by atoms with Crippen molar-refractivity contribution in [1.82, 2.24) is 24.6 Å². The topological polar surface area (TPSA) is 105 Å². The van der Waals surface area contributed by atoms with E-state index in [9.17, 15) is 35.2 Å². The Labute approximate surface area is 214 Å². The van der Waals surface area contributed by atoms with E-state index >= 15 is 0 Å². The number of fused-ring (bicyclic) bond motifs is 1. The summed E-state index contributed by atoms with van der Waals surface area (Å²) in [6.07, 6.45) is -1.26. The number of pyridine rings is 1. The average Bonchev–Trinajstić information content (AvgIpc) is 3.32. The fraction of sp³-hybridized carbons (Fsp3) is 0.333. The number of amides is 1. The second-order valence-electron chi connectivity index (χ2n) is 9.53. The lowest BCUT2D eigenvalue weighted by Gasteiger charge is -2.37. The van der Waals surface area contributed by atoms with Crippen LogP contribution in [0.4, 0.5) is 22.0 Å². The molecule has 3 aliphatic rings. The van der Waals surface area contributed by atoms with Crippen LogP contribution in [0.1, 0.15) is 31.3 Å². The van der Waals surface area contributed by atoms with Gasteiger partial charge >= 0.3 is 6.18 Å². The zero-order valence-corrected chi connectivity index (χ0v) is 20.5. The normalized spacial score (nSPS) is 23.2. The molecule has 0 spiro atoms. The first-order valence-electron chi connectivity index (χ1n) is 11.4. The second kappa shape index (κ2) is 9.05. The van der Waals surface area contributed by atoms with Crippen LogP contribution in [-0.2, 0) is 27.5 Å². The molecule has 1 atom stereocenters. The quantitative estimate of drug-likeness (QED) is 0.467. The van der Waals surface area contributed by atoms with Gasteiger partial charge in [-0.3, -0.25) is 9.78 Å². The van der Waals surface area contributed by atoms with Gasteiger partial charge in [-0.05, 0) is 56.0 Å². The van der Waals surface area contributed by atoms with Crippen molar-refractivity contribution in [1.29, 1.82) is 0 Å². The van der Waals surface area contributed by atoms with Gasteiger partial charge in [0.25, 0.3) is 0 Å². The maximum Gasteiger partial charge on any atom is 0.451 e. The van der Waals surface area contributed by atoms with E-state index in [1.165, 1.54) is 10.4 Å². The Hall–Kier alpha value is -3.52. The van der Waals surface area contributed by atoms with Gasteiger partial charge in [-0.15, -0.1) is 0 Å². The van der Waals surface area contributed by atoms with Crippen LogP contribution in [0.2, 0.25) is 0 Å². The van der Waals surface area contributed by atoms with Gasteiger partial charge in [0.1, 0.15) is 17.7 Å². The first-order valence-corrected chi connectivity index (χ1v) is 12.9. The van der Waals surface area contributed by atoms with E-state index in [-0.39, 0.29) is 34.2 Å². The van der Waals surface area contributed by atoms with Crippen LogP contribution < -0.4 is 5.32 Å². The minimum atomic E-state index is -4.75. The van der Waals surface area contributed by atoms with E-state index in [4.69, 9.17) is 0 Å². The Morgan fingerprint density at radius 3 is 2.32 bits per heavy atom. The molecular weight excluding hydrogens is 533 g/mol. The van der Waals surface area contributed by atoms with Crippen LogP contribution in [0, 0.1) is 17.6 Å². The summed E-state index contributed by atoms with van der Waals surface area (Å²) in [7, 11) is -4.11. The summed E-state index contributed by atoms with van der Waals surface area (Å²) >= 11 is 0. The fourth-order valence-electron chi connectivity index (χ4n) is 5.18. The number of hydrogen-bond donors (Lipinski definition) is 1. The van der Waals surface area contributed by atoms with Crippen molar-refractivity contribution < 1.29 is 35.2 Å². The molecule has 0 unspecified atom stereocenters. The monoisotopic (exact) mass is 553 g/mol. The molecule has 1 aromatic carbocycles. The second-order valence-corrected chi connectivity index (χ2v) is 11.3. The third-order valence-corrected chi connectivity index (χ3v) is 8.90. The molecule has 3 fully saturated rings. The molecule has 2 saturated heterocycles. The van der Waals surface area contributed by atoms with Crippen LogP contribution in [0.3, 0.4) is 0 Å². The molecule has 1 amide bonds. The van der Waals surface area contributed by atoms with Crippen molar-refractivity contribution in [3.8, 4) is 11.1 Å². The van der Waals surface area contributed by atoms with Crippen molar-refractivity contribution in [2.75, 3.05) is 0 Å². The van der Waals surface area contributed by atoms with Gasteiger partial charge in [-0.1, -0.05) is 0 Å². The maximum absolute atomic E-state index is 14.4. The number of carbonyl (C=O) groups is 1. The predicted molar refractivity (Wildman–Crippen MR) is 122 cm³/mol. The average molecular weight is 554 g/mol. The number of benzene rings is 1. The van der Waals surface area contributed by atoms with Crippen molar-refractivity contribution >= 4 is 15.9 Å². The third kappa shape index (κ3) is 4.51. The summed E-state index contributed by atoms with van der Waals surface area (Å²) in [6.45, 7) is 1.55. The predicted octanol–water partition coefficient (Wildman–Crippen LogP) is 3.69. The van der Waals surface area contributed by atoms with E-state index in [1.54, 1.807) is 6.92 Å². The maximum atomic E-state index is 14.4. The molecule has 8 nitrogen and oxygen atoms in total. The van der Waals surface area contributed by atoms with Crippen molar-refractivity contribution in [2.24, 2.45) is 5.92 Å². The smallest absolute Gasteiger partial charge is 0.349 e. The summed E-state index contributed by atoms with van der Waals surface area (Å²) in [4.78, 5) is 23.4. The standard InChI is InChI=1S/C24H20F5N5O3S/c1-23-7-13(8-23)20(34(23)38(36,37)17-4-2-15(25)3-5-17)21(35)31-11-16-6-18(19(26)12-30-16)14-9-32-22(33-10-14)24(27,28)29/h2-6,9-10,12-13,20H,7-8,11H2,1H3,(H,31,35)/t13?,20-,23?/m0/s1. The molecule has 2 aromatic heterocycles. The Kier molecular flexibility index (Phi) is 6.21. The Morgan fingerprint density at radius 1 is 1.08 bits per heavy atom. The number of rotatable bonds is 6. The van der Waals surface area contributed by atoms with Gasteiger partial charge < -0.3 is 5.32 Å². The van der Waals surface area contributed by atoms with Gasteiger partial charge in [0, 0.05) is 29.1 Å². The lowest BCUT2D eigenvalue weighted by molar-refractivity contribution is -0.145. The molecule has 2 aliphatic heterocycles.